The monoisotopic (exact) mass is 310 g/mol. The van der Waals surface area contributed by atoms with Crippen LogP contribution in [0.25, 0.3) is 0 Å². The number of rotatable bonds is 16. The van der Waals surface area contributed by atoms with E-state index in [1.165, 1.54) is 90.4 Å². The zero-order chi connectivity index (χ0) is 16.3. The summed E-state index contributed by atoms with van der Waals surface area (Å²) in [6.45, 7) is 4.33. The topological polar surface area (TPSA) is 26.3 Å². The SMILES string of the molecule is CCCCCCCCC/C=C\CCCCCCCOC(C)=O. The van der Waals surface area contributed by atoms with Gasteiger partial charge in [0.15, 0.2) is 0 Å². The number of hydrogen-bond acceptors (Lipinski definition) is 2. The standard InChI is InChI=1S/C20H38O2/c1-3-4-5-6-7-8-9-10-11-12-13-14-15-16-17-18-19-22-20(2)21/h11-12H,3-10,13-19H2,1-2H3/b12-11-. The molecular weight excluding hydrogens is 272 g/mol. The molecule has 2 heteroatoms. The molecule has 130 valence electrons. The van der Waals surface area contributed by atoms with Crippen LogP contribution >= 0.6 is 0 Å². The predicted octanol–water partition coefficient (Wildman–Crippen LogP) is 6.59. The Morgan fingerprint density at radius 3 is 1.68 bits per heavy atom. The maximum absolute atomic E-state index is 10.6. The van der Waals surface area contributed by atoms with Gasteiger partial charge >= 0.3 is 5.97 Å². The lowest BCUT2D eigenvalue weighted by Crippen LogP contribution is -1.99. The Hall–Kier alpha value is -0.790. The second-order valence-corrected chi connectivity index (χ2v) is 6.28. The summed E-state index contributed by atoms with van der Waals surface area (Å²) in [6, 6.07) is 0. The maximum Gasteiger partial charge on any atom is 0.302 e. The van der Waals surface area contributed by atoms with Gasteiger partial charge in [-0.3, -0.25) is 4.79 Å². The summed E-state index contributed by atoms with van der Waals surface area (Å²) >= 11 is 0. The first-order valence-corrected chi connectivity index (χ1v) is 9.55. The smallest absolute Gasteiger partial charge is 0.302 e. The van der Waals surface area contributed by atoms with Crippen molar-refractivity contribution in [1.82, 2.24) is 0 Å². The Balaban J connectivity index is 3.07. The van der Waals surface area contributed by atoms with Gasteiger partial charge in [-0.15, -0.1) is 0 Å². The highest BCUT2D eigenvalue weighted by Crippen LogP contribution is 2.10. The van der Waals surface area contributed by atoms with Crippen LogP contribution in [0, 0.1) is 0 Å². The van der Waals surface area contributed by atoms with Gasteiger partial charge in [0.05, 0.1) is 6.61 Å². The molecule has 0 aliphatic carbocycles. The van der Waals surface area contributed by atoms with Crippen molar-refractivity contribution < 1.29 is 9.53 Å². The maximum atomic E-state index is 10.6. The van der Waals surface area contributed by atoms with E-state index in [0.717, 1.165) is 6.42 Å². The molecule has 0 rings (SSSR count). The number of carbonyl (C=O) groups is 1. The van der Waals surface area contributed by atoms with E-state index in [0.29, 0.717) is 6.61 Å². The minimum Gasteiger partial charge on any atom is -0.466 e. The predicted molar refractivity (Wildman–Crippen MR) is 96.1 cm³/mol. The minimum absolute atomic E-state index is 0.161. The Labute approximate surface area is 138 Å². The highest BCUT2D eigenvalue weighted by molar-refractivity contribution is 5.65. The molecule has 0 aliphatic heterocycles. The summed E-state index contributed by atoms with van der Waals surface area (Å²) in [5.74, 6) is -0.161. The van der Waals surface area contributed by atoms with Crippen LogP contribution in [0.15, 0.2) is 12.2 Å². The molecular formula is C20H38O2. The second kappa shape index (κ2) is 18.3. The van der Waals surface area contributed by atoms with Gasteiger partial charge < -0.3 is 4.74 Å². The number of unbranched alkanes of at least 4 members (excludes halogenated alkanes) is 12. The number of allylic oxidation sites excluding steroid dienone is 2. The van der Waals surface area contributed by atoms with E-state index in [4.69, 9.17) is 4.74 Å². The summed E-state index contributed by atoms with van der Waals surface area (Å²) in [7, 11) is 0. The van der Waals surface area contributed by atoms with E-state index < -0.39 is 0 Å². The molecule has 0 aromatic heterocycles. The first kappa shape index (κ1) is 21.2. The van der Waals surface area contributed by atoms with Crippen LogP contribution in [0.3, 0.4) is 0 Å². The van der Waals surface area contributed by atoms with E-state index in [1.807, 2.05) is 0 Å². The summed E-state index contributed by atoms with van der Waals surface area (Å²) in [6.07, 6.45) is 23.0. The van der Waals surface area contributed by atoms with Crippen LogP contribution in [-0.4, -0.2) is 12.6 Å². The van der Waals surface area contributed by atoms with Crippen molar-refractivity contribution in [2.75, 3.05) is 6.61 Å². The molecule has 0 aliphatic rings. The van der Waals surface area contributed by atoms with Gasteiger partial charge in [0.1, 0.15) is 0 Å². The molecule has 0 bridgehead atoms. The summed E-state index contributed by atoms with van der Waals surface area (Å²) in [5.41, 5.74) is 0. The van der Waals surface area contributed by atoms with Crippen molar-refractivity contribution in [2.24, 2.45) is 0 Å². The Morgan fingerprint density at radius 1 is 0.727 bits per heavy atom. The lowest BCUT2D eigenvalue weighted by atomic mass is 10.1. The number of esters is 1. The fraction of sp³-hybridized carbons (Fsp3) is 0.850. The van der Waals surface area contributed by atoms with Crippen LogP contribution in [-0.2, 0) is 9.53 Å². The molecule has 0 heterocycles. The number of carbonyl (C=O) groups excluding carboxylic acids is 1. The molecule has 22 heavy (non-hydrogen) atoms. The number of ether oxygens (including phenoxy) is 1. The second-order valence-electron chi connectivity index (χ2n) is 6.28. The molecule has 0 spiro atoms. The average Bonchev–Trinajstić information content (AvgIpc) is 2.50. The van der Waals surface area contributed by atoms with Crippen molar-refractivity contribution in [2.45, 2.75) is 104 Å². The van der Waals surface area contributed by atoms with Crippen molar-refractivity contribution >= 4 is 5.97 Å². The average molecular weight is 311 g/mol. The van der Waals surface area contributed by atoms with Crippen molar-refractivity contribution in [3.63, 3.8) is 0 Å². The largest absolute Gasteiger partial charge is 0.466 e. The molecule has 0 saturated heterocycles. The normalized spacial score (nSPS) is 11.2. The van der Waals surface area contributed by atoms with Gasteiger partial charge in [-0.05, 0) is 32.1 Å². The van der Waals surface area contributed by atoms with Gasteiger partial charge in [0, 0.05) is 6.92 Å². The van der Waals surface area contributed by atoms with Crippen molar-refractivity contribution in [3.8, 4) is 0 Å². The third-order valence-electron chi connectivity index (χ3n) is 3.96. The zero-order valence-corrected chi connectivity index (χ0v) is 15.1. The van der Waals surface area contributed by atoms with Gasteiger partial charge in [0.2, 0.25) is 0 Å². The Bertz CT molecular complexity index is 258. The summed E-state index contributed by atoms with van der Waals surface area (Å²) in [4.78, 5) is 10.6. The van der Waals surface area contributed by atoms with E-state index in [-0.39, 0.29) is 5.97 Å². The third-order valence-corrected chi connectivity index (χ3v) is 3.96. The van der Waals surface area contributed by atoms with E-state index in [1.54, 1.807) is 0 Å². The van der Waals surface area contributed by atoms with Crippen LogP contribution in [0.4, 0.5) is 0 Å². The Morgan fingerprint density at radius 2 is 1.18 bits per heavy atom. The molecule has 0 unspecified atom stereocenters. The van der Waals surface area contributed by atoms with E-state index in [2.05, 4.69) is 19.1 Å². The fourth-order valence-electron chi connectivity index (χ4n) is 2.57. The van der Waals surface area contributed by atoms with Gasteiger partial charge in [0.25, 0.3) is 0 Å². The van der Waals surface area contributed by atoms with Crippen LogP contribution < -0.4 is 0 Å². The molecule has 0 fully saturated rings. The molecule has 0 atom stereocenters. The van der Waals surface area contributed by atoms with Gasteiger partial charge in [-0.25, -0.2) is 0 Å². The first-order chi connectivity index (χ1) is 10.8. The fourth-order valence-corrected chi connectivity index (χ4v) is 2.57. The molecule has 0 amide bonds. The zero-order valence-electron chi connectivity index (χ0n) is 15.1. The number of hydrogen-bond donors (Lipinski definition) is 0. The third kappa shape index (κ3) is 19.2. The van der Waals surface area contributed by atoms with E-state index >= 15 is 0 Å². The Kier molecular flexibility index (Phi) is 17.6. The van der Waals surface area contributed by atoms with Crippen LogP contribution in [0.5, 0.6) is 0 Å². The highest BCUT2D eigenvalue weighted by Gasteiger charge is 1.93. The van der Waals surface area contributed by atoms with Crippen LogP contribution in [0.1, 0.15) is 104 Å². The van der Waals surface area contributed by atoms with Crippen LogP contribution in [0.2, 0.25) is 0 Å². The minimum atomic E-state index is -0.161. The first-order valence-electron chi connectivity index (χ1n) is 9.55. The van der Waals surface area contributed by atoms with Gasteiger partial charge in [-0.1, -0.05) is 76.9 Å². The molecule has 0 aromatic rings. The molecule has 0 N–H and O–H groups in total. The highest BCUT2D eigenvalue weighted by atomic mass is 16.5. The lowest BCUT2D eigenvalue weighted by Gasteiger charge is -2.01. The van der Waals surface area contributed by atoms with E-state index in [9.17, 15) is 4.79 Å². The summed E-state index contributed by atoms with van der Waals surface area (Å²) < 4.78 is 4.91. The lowest BCUT2D eigenvalue weighted by molar-refractivity contribution is -0.141. The van der Waals surface area contributed by atoms with Crippen molar-refractivity contribution in [3.05, 3.63) is 12.2 Å². The quantitative estimate of drug-likeness (QED) is 0.183. The molecule has 2 nitrogen and oxygen atoms in total. The van der Waals surface area contributed by atoms with Gasteiger partial charge in [-0.2, -0.15) is 0 Å². The van der Waals surface area contributed by atoms with Crippen molar-refractivity contribution in [1.29, 1.82) is 0 Å². The molecule has 0 radical (unpaired) electrons. The summed E-state index contributed by atoms with van der Waals surface area (Å²) in [5, 5.41) is 0. The molecule has 0 saturated carbocycles. The molecule has 0 aromatic carbocycles.